The van der Waals surface area contributed by atoms with Crippen LogP contribution >= 0.6 is 23.2 Å². The van der Waals surface area contributed by atoms with E-state index < -0.39 is 18.0 Å². The second kappa shape index (κ2) is 9.62. The Labute approximate surface area is 168 Å². The molecule has 0 unspecified atom stereocenters. The van der Waals surface area contributed by atoms with Crippen molar-refractivity contribution >= 4 is 40.8 Å². The van der Waals surface area contributed by atoms with Crippen LogP contribution in [0, 0.1) is 0 Å². The quantitative estimate of drug-likeness (QED) is 0.648. The molecule has 0 spiro atoms. The van der Waals surface area contributed by atoms with Gasteiger partial charge in [-0.1, -0.05) is 55.2 Å². The van der Waals surface area contributed by atoms with E-state index in [1.165, 1.54) is 6.92 Å². The molecule has 144 valence electrons. The smallest absolute Gasteiger partial charge is 0.344 e. The monoisotopic (exact) mass is 409 g/mol. The number of halogens is 2. The van der Waals surface area contributed by atoms with Crippen LogP contribution in [0.2, 0.25) is 10.0 Å². The summed E-state index contributed by atoms with van der Waals surface area (Å²) >= 11 is 11.8. The van der Waals surface area contributed by atoms with Gasteiger partial charge in [0.1, 0.15) is 5.75 Å². The molecule has 7 heteroatoms. The fourth-order valence-corrected chi connectivity index (χ4v) is 2.91. The Kier molecular flexibility index (Phi) is 7.51. The largest absolute Gasteiger partial charge is 0.482 e. The molecule has 1 atom stereocenters. The number of carbonyl (C=O) groups excluding carboxylic acids is 2. The molecule has 0 aliphatic carbocycles. The van der Waals surface area contributed by atoms with E-state index in [-0.39, 0.29) is 12.5 Å². The van der Waals surface area contributed by atoms with Crippen LogP contribution in [-0.2, 0) is 14.3 Å². The summed E-state index contributed by atoms with van der Waals surface area (Å²) in [6.07, 6.45) is -1.00. The minimum absolute atomic E-state index is 0.256. The van der Waals surface area contributed by atoms with Crippen molar-refractivity contribution in [2.45, 2.75) is 32.8 Å². The summed E-state index contributed by atoms with van der Waals surface area (Å²) in [4.78, 5) is 24.2. The van der Waals surface area contributed by atoms with Crippen molar-refractivity contribution in [3.63, 3.8) is 0 Å². The van der Waals surface area contributed by atoms with E-state index in [2.05, 4.69) is 5.32 Å². The number of ether oxygens (including phenoxy) is 2. The van der Waals surface area contributed by atoms with Crippen molar-refractivity contribution in [1.82, 2.24) is 0 Å². The van der Waals surface area contributed by atoms with Crippen LogP contribution in [0.3, 0.4) is 0 Å². The van der Waals surface area contributed by atoms with E-state index in [4.69, 9.17) is 32.7 Å². The normalized spacial score (nSPS) is 11.8. The molecule has 0 aromatic heterocycles. The lowest BCUT2D eigenvalue weighted by Gasteiger charge is -2.16. The maximum absolute atomic E-state index is 12.2. The Hall–Kier alpha value is -2.24. The fraction of sp³-hybridized carbons (Fsp3) is 0.300. The van der Waals surface area contributed by atoms with Crippen molar-refractivity contribution in [2.75, 3.05) is 11.9 Å². The summed E-state index contributed by atoms with van der Waals surface area (Å²) < 4.78 is 10.7. The van der Waals surface area contributed by atoms with Gasteiger partial charge in [0.25, 0.3) is 5.91 Å². The van der Waals surface area contributed by atoms with Gasteiger partial charge >= 0.3 is 5.97 Å². The number of hydrogen-bond acceptors (Lipinski definition) is 4. The second-order valence-corrected chi connectivity index (χ2v) is 7.13. The molecule has 0 saturated heterocycles. The SMILES string of the molecule is CC(C)c1ccccc1OCC(=O)O[C@H](C)C(=O)Nc1cc(Cl)cc(Cl)c1. The molecule has 27 heavy (non-hydrogen) atoms. The van der Waals surface area contributed by atoms with Crippen molar-refractivity contribution in [3.05, 3.63) is 58.1 Å². The lowest BCUT2D eigenvalue weighted by Crippen LogP contribution is -2.31. The molecule has 0 aliphatic rings. The Morgan fingerprint density at radius 2 is 1.67 bits per heavy atom. The molecule has 2 aromatic carbocycles. The highest BCUT2D eigenvalue weighted by molar-refractivity contribution is 6.35. The second-order valence-electron chi connectivity index (χ2n) is 6.26. The zero-order valence-electron chi connectivity index (χ0n) is 15.3. The number of rotatable bonds is 7. The molecule has 0 saturated carbocycles. The van der Waals surface area contributed by atoms with E-state index in [1.54, 1.807) is 24.3 Å². The number of para-hydroxylation sites is 1. The molecule has 1 N–H and O–H groups in total. The number of carbonyl (C=O) groups is 2. The molecular weight excluding hydrogens is 389 g/mol. The van der Waals surface area contributed by atoms with Gasteiger partial charge in [-0.05, 0) is 42.7 Å². The first-order valence-corrected chi connectivity index (χ1v) is 9.20. The third kappa shape index (κ3) is 6.45. The topological polar surface area (TPSA) is 64.6 Å². The van der Waals surface area contributed by atoms with Crippen LogP contribution in [0.4, 0.5) is 5.69 Å². The van der Waals surface area contributed by atoms with E-state index in [9.17, 15) is 9.59 Å². The molecule has 0 bridgehead atoms. The summed E-state index contributed by atoms with van der Waals surface area (Å²) in [6, 6.07) is 12.1. The Morgan fingerprint density at radius 1 is 1.04 bits per heavy atom. The van der Waals surface area contributed by atoms with Gasteiger partial charge in [-0.25, -0.2) is 4.79 Å². The minimum Gasteiger partial charge on any atom is -0.482 e. The predicted molar refractivity (Wildman–Crippen MR) is 107 cm³/mol. The fourth-order valence-electron chi connectivity index (χ4n) is 2.38. The number of esters is 1. The molecule has 0 radical (unpaired) electrons. The van der Waals surface area contributed by atoms with Gasteiger partial charge in [-0.3, -0.25) is 4.79 Å². The van der Waals surface area contributed by atoms with Crippen molar-refractivity contribution in [1.29, 1.82) is 0 Å². The first-order valence-electron chi connectivity index (χ1n) is 8.44. The molecule has 0 aliphatic heterocycles. The molecule has 2 aromatic rings. The van der Waals surface area contributed by atoms with E-state index >= 15 is 0 Å². The third-order valence-corrected chi connectivity index (χ3v) is 4.13. The molecule has 2 rings (SSSR count). The summed E-state index contributed by atoms with van der Waals surface area (Å²) in [5.74, 6) is -0.258. The first-order chi connectivity index (χ1) is 12.8. The molecule has 5 nitrogen and oxygen atoms in total. The average molecular weight is 410 g/mol. The van der Waals surface area contributed by atoms with E-state index in [0.717, 1.165) is 5.56 Å². The number of anilines is 1. The van der Waals surface area contributed by atoms with Gasteiger partial charge in [-0.2, -0.15) is 0 Å². The number of hydrogen-bond donors (Lipinski definition) is 1. The average Bonchev–Trinajstić information content (AvgIpc) is 2.59. The number of amides is 1. The minimum atomic E-state index is -1.00. The van der Waals surface area contributed by atoms with Crippen LogP contribution in [-0.4, -0.2) is 24.6 Å². The molecule has 0 fully saturated rings. The van der Waals surface area contributed by atoms with Gasteiger partial charge < -0.3 is 14.8 Å². The Balaban J connectivity index is 1.88. The molecule has 0 heterocycles. The number of benzene rings is 2. The highest BCUT2D eigenvalue weighted by atomic mass is 35.5. The zero-order chi connectivity index (χ0) is 20.0. The van der Waals surface area contributed by atoms with Crippen LogP contribution < -0.4 is 10.1 Å². The summed E-state index contributed by atoms with van der Waals surface area (Å²) in [6.45, 7) is 5.26. The van der Waals surface area contributed by atoms with Crippen molar-refractivity contribution < 1.29 is 19.1 Å². The van der Waals surface area contributed by atoms with Gasteiger partial charge in [0.2, 0.25) is 0 Å². The third-order valence-electron chi connectivity index (χ3n) is 3.69. The van der Waals surface area contributed by atoms with Crippen molar-refractivity contribution in [2.24, 2.45) is 0 Å². The lowest BCUT2D eigenvalue weighted by atomic mass is 10.0. The van der Waals surface area contributed by atoms with Gasteiger partial charge in [0.05, 0.1) is 0 Å². The summed E-state index contributed by atoms with van der Waals surface area (Å²) in [5.41, 5.74) is 1.41. The first kappa shape index (κ1) is 21.1. The van der Waals surface area contributed by atoms with Gasteiger partial charge in [-0.15, -0.1) is 0 Å². The predicted octanol–water partition coefficient (Wildman–Crippen LogP) is 5.07. The van der Waals surface area contributed by atoms with Crippen LogP contribution in [0.15, 0.2) is 42.5 Å². The van der Waals surface area contributed by atoms with Crippen LogP contribution in [0.25, 0.3) is 0 Å². The molecule has 1 amide bonds. The standard InChI is InChI=1S/C20H21Cl2NO4/c1-12(2)17-6-4-5-7-18(17)26-11-19(24)27-13(3)20(25)23-16-9-14(21)8-15(22)10-16/h4-10,12-13H,11H2,1-3H3,(H,23,25)/t13-/m1/s1. The number of nitrogens with one attached hydrogen (secondary N) is 1. The maximum Gasteiger partial charge on any atom is 0.344 e. The van der Waals surface area contributed by atoms with E-state index in [1.807, 2.05) is 32.0 Å². The van der Waals surface area contributed by atoms with E-state index in [0.29, 0.717) is 21.5 Å². The highest BCUT2D eigenvalue weighted by Crippen LogP contribution is 2.26. The lowest BCUT2D eigenvalue weighted by molar-refractivity contribution is -0.155. The Morgan fingerprint density at radius 3 is 2.30 bits per heavy atom. The van der Waals surface area contributed by atoms with Crippen molar-refractivity contribution in [3.8, 4) is 5.75 Å². The Bertz CT molecular complexity index is 803. The van der Waals surface area contributed by atoms with Crippen LogP contribution in [0.5, 0.6) is 5.75 Å². The van der Waals surface area contributed by atoms with Crippen LogP contribution in [0.1, 0.15) is 32.3 Å². The molecular formula is C20H21Cl2NO4. The van der Waals surface area contributed by atoms with Gasteiger partial charge in [0.15, 0.2) is 12.7 Å². The summed E-state index contributed by atoms with van der Waals surface area (Å²) in [7, 11) is 0. The van der Waals surface area contributed by atoms with Gasteiger partial charge in [0, 0.05) is 15.7 Å². The highest BCUT2D eigenvalue weighted by Gasteiger charge is 2.19. The summed E-state index contributed by atoms with van der Waals surface area (Å²) in [5, 5.41) is 3.38. The zero-order valence-corrected chi connectivity index (χ0v) is 16.8. The maximum atomic E-state index is 12.2.